The summed E-state index contributed by atoms with van der Waals surface area (Å²) in [5.74, 6) is 0. The Morgan fingerprint density at radius 3 is 2.86 bits per heavy atom. The topological polar surface area (TPSA) is 68.4 Å². The average molecular weight is 319 g/mol. The lowest BCUT2D eigenvalue weighted by atomic mass is 10.1. The summed E-state index contributed by atoms with van der Waals surface area (Å²) in [5.41, 5.74) is 2.47. The smallest absolute Gasteiger partial charge is 0.253 e. The number of hydrogen-bond acceptors (Lipinski definition) is 3. The molecule has 0 amide bonds. The molecule has 0 spiro atoms. The van der Waals surface area contributed by atoms with Gasteiger partial charge in [-0.15, -0.1) is 0 Å². The molecule has 0 bridgehead atoms. The summed E-state index contributed by atoms with van der Waals surface area (Å²) >= 11 is 5.29. The van der Waals surface area contributed by atoms with E-state index < -0.39 is 0 Å². The van der Waals surface area contributed by atoms with Gasteiger partial charge in [0.1, 0.15) is 0 Å². The van der Waals surface area contributed by atoms with E-state index in [1.54, 1.807) is 4.90 Å². The van der Waals surface area contributed by atoms with E-state index in [0.29, 0.717) is 30.3 Å². The molecule has 2 aromatic rings. The molecule has 3 N–H and O–H groups in total. The Morgan fingerprint density at radius 2 is 2.18 bits per heavy atom. The molecule has 2 rings (SSSR count). The van der Waals surface area contributed by atoms with Gasteiger partial charge in [-0.25, -0.2) is 0 Å². The fourth-order valence-electron chi connectivity index (χ4n) is 2.33. The van der Waals surface area contributed by atoms with E-state index in [1.165, 1.54) is 0 Å². The maximum Gasteiger partial charge on any atom is 0.253 e. The number of nitrogens with one attached hydrogen (secondary N) is 2. The van der Waals surface area contributed by atoms with Gasteiger partial charge in [0, 0.05) is 24.2 Å². The molecule has 0 atom stereocenters. The van der Waals surface area contributed by atoms with Gasteiger partial charge in [0.2, 0.25) is 0 Å². The third kappa shape index (κ3) is 3.84. The molecule has 1 heterocycles. The summed E-state index contributed by atoms with van der Waals surface area (Å²) in [7, 11) is 0. The van der Waals surface area contributed by atoms with Crippen LogP contribution in [-0.2, 0) is 6.54 Å². The van der Waals surface area contributed by atoms with E-state index in [1.807, 2.05) is 38.1 Å². The number of H-pyrrole nitrogens is 1. The van der Waals surface area contributed by atoms with Gasteiger partial charge in [0.05, 0.1) is 13.2 Å². The average Bonchev–Trinajstić information content (AvgIpc) is 2.48. The highest BCUT2D eigenvalue weighted by atomic mass is 32.1. The molecule has 0 saturated carbocycles. The number of aryl methyl sites for hydroxylation is 1. The first-order valence-corrected chi connectivity index (χ1v) is 7.72. The molecule has 0 radical (unpaired) electrons. The van der Waals surface area contributed by atoms with Crippen LogP contribution in [0.5, 0.6) is 0 Å². The molecule has 5 nitrogen and oxygen atoms in total. The zero-order valence-electron chi connectivity index (χ0n) is 12.8. The maximum absolute atomic E-state index is 12.2. The van der Waals surface area contributed by atoms with E-state index >= 15 is 0 Å². The number of fused-ring (bicyclic) bond motifs is 1. The van der Waals surface area contributed by atoms with Crippen LogP contribution < -0.4 is 10.9 Å². The highest BCUT2D eigenvalue weighted by molar-refractivity contribution is 7.80. The standard InChI is InChI=1S/C16H21N3O2S/c1-3-17-16(22)19(6-7-20)10-13-9-12-8-11(2)4-5-14(12)18-15(13)21/h4-5,8-9,20H,3,6-7,10H2,1-2H3,(H,17,22)(H,18,21). The van der Waals surface area contributed by atoms with Crippen LogP contribution in [0.2, 0.25) is 0 Å². The fourth-order valence-corrected chi connectivity index (χ4v) is 2.63. The molecule has 0 aliphatic rings. The summed E-state index contributed by atoms with van der Waals surface area (Å²) in [6, 6.07) is 7.80. The van der Waals surface area contributed by atoms with E-state index in [4.69, 9.17) is 12.2 Å². The predicted octanol–water partition coefficient (Wildman–Crippen LogP) is 1.53. The number of hydrogen-bond donors (Lipinski definition) is 3. The van der Waals surface area contributed by atoms with Crippen LogP contribution in [0.15, 0.2) is 29.1 Å². The molecule has 0 unspecified atom stereocenters. The molecule has 22 heavy (non-hydrogen) atoms. The van der Waals surface area contributed by atoms with Gasteiger partial charge < -0.3 is 20.3 Å². The van der Waals surface area contributed by atoms with Crippen molar-refractivity contribution >= 4 is 28.2 Å². The second-order valence-corrected chi connectivity index (χ2v) is 5.58. The Kier molecular flexibility index (Phi) is 5.51. The van der Waals surface area contributed by atoms with E-state index in [2.05, 4.69) is 10.3 Å². The minimum Gasteiger partial charge on any atom is -0.395 e. The van der Waals surface area contributed by atoms with Crippen molar-refractivity contribution in [1.29, 1.82) is 0 Å². The van der Waals surface area contributed by atoms with Crippen molar-refractivity contribution in [2.75, 3.05) is 19.7 Å². The Bertz CT molecular complexity index is 727. The lowest BCUT2D eigenvalue weighted by molar-refractivity contribution is 0.245. The van der Waals surface area contributed by atoms with Crippen LogP contribution in [0.3, 0.4) is 0 Å². The first-order valence-electron chi connectivity index (χ1n) is 7.31. The number of rotatable bonds is 5. The minimum atomic E-state index is -0.126. The van der Waals surface area contributed by atoms with E-state index in [9.17, 15) is 9.90 Å². The number of aromatic nitrogens is 1. The molecular weight excluding hydrogens is 298 g/mol. The second kappa shape index (κ2) is 7.38. The molecular formula is C16H21N3O2S. The number of nitrogens with zero attached hydrogens (tertiary/aromatic N) is 1. The predicted molar refractivity (Wildman–Crippen MR) is 93.1 cm³/mol. The molecule has 0 saturated heterocycles. The quantitative estimate of drug-likeness (QED) is 0.729. The number of pyridine rings is 1. The fraction of sp³-hybridized carbons (Fsp3) is 0.375. The van der Waals surface area contributed by atoms with Gasteiger partial charge in [-0.1, -0.05) is 11.6 Å². The van der Waals surface area contributed by atoms with E-state index in [0.717, 1.165) is 16.5 Å². The maximum atomic E-state index is 12.2. The first-order chi connectivity index (χ1) is 10.5. The second-order valence-electron chi connectivity index (χ2n) is 5.20. The minimum absolute atomic E-state index is 0.0177. The molecule has 0 aliphatic heterocycles. The van der Waals surface area contributed by atoms with Gasteiger partial charge in [0.15, 0.2) is 5.11 Å². The first kappa shape index (κ1) is 16.5. The van der Waals surface area contributed by atoms with Crippen molar-refractivity contribution in [1.82, 2.24) is 15.2 Å². The van der Waals surface area contributed by atoms with Crippen molar-refractivity contribution < 1.29 is 5.11 Å². The summed E-state index contributed by atoms with van der Waals surface area (Å²) in [6.45, 7) is 5.41. The van der Waals surface area contributed by atoms with Crippen LogP contribution in [0.1, 0.15) is 18.1 Å². The van der Waals surface area contributed by atoms with Gasteiger partial charge in [-0.2, -0.15) is 0 Å². The number of benzene rings is 1. The number of aromatic amines is 1. The zero-order valence-corrected chi connectivity index (χ0v) is 13.7. The summed E-state index contributed by atoms with van der Waals surface area (Å²) in [6.07, 6.45) is 0. The summed E-state index contributed by atoms with van der Waals surface area (Å²) < 4.78 is 0. The monoisotopic (exact) mass is 319 g/mol. The molecule has 0 aliphatic carbocycles. The zero-order chi connectivity index (χ0) is 16.1. The lowest BCUT2D eigenvalue weighted by Crippen LogP contribution is -2.41. The molecule has 118 valence electrons. The third-order valence-corrected chi connectivity index (χ3v) is 3.83. The molecule has 1 aromatic heterocycles. The third-order valence-electron chi connectivity index (χ3n) is 3.42. The van der Waals surface area contributed by atoms with Crippen LogP contribution >= 0.6 is 12.2 Å². The highest BCUT2D eigenvalue weighted by Crippen LogP contribution is 2.14. The number of aliphatic hydroxyl groups excluding tert-OH is 1. The summed E-state index contributed by atoms with van der Waals surface area (Å²) in [5, 5.41) is 13.8. The van der Waals surface area contributed by atoms with Crippen molar-refractivity contribution in [3.8, 4) is 0 Å². The van der Waals surface area contributed by atoms with Crippen LogP contribution in [0.4, 0.5) is 0 Å². The van der Waals surface area contributed by atoms with Gasteiger partial charge in [-0.3, -0.25) is 4.79 Å². The van der Waals surface area contributed by atoms with Gasteiger partial charge in [0.25, 0.3) is 5.56 Å². The highest BCUT2D eigenvalue weighted by Gasteiger charge is 2.12. The van der Waals surface area contributed by atoms with Crippen molar-refractivity contribution in [3.63, 3.8) is 0 Å². The Morgan fingerprint density at radius 1 is 1.41 bits per heavy atom. The van der Waals surface area contributed by atoms with Gasteiger partial charge in [-0.05, 0) is 49.7 Å². The van der Waals surface area contributed by atoms with Crippen molar-refractivity contribution in [2.45, 2.75) is 20.4 Å². The number of aliphatic hydroxyl groups is 1. The number of thiocarbonyl (C=S) groups is 1. The van der Waals surface area contributed by atoms with Crippen LogP contribution in [-0.4, -0.2) is 39.8 Å². The Labute approximate surface area is 135 Å². The molecule has 0 fully saturated rings. The summed E-state index contributed by atoms with van der Waals surface area (Å²) in [4.78, 5) is 16.9. The Balaban J connectivity index is 2.33. The lowest BCUT2D eigenvalue weighted by Gasteiger charge is -2.24. The SMILES string of the molecule is CCNC(=S)N(CCO)Cc1cc2cc(C)ccc2[nH]c1=O. The van der Waals surface area contributed by atoms with Crippen molar-refractivity contribution in [2.24, 2.45) is 0 Å². The van der Waals surface area contributed by atoms with Crippen LogP contribution in [0, 0.1) is 6.92 Å². The molecule has 1 aromatic carbocycles. The molecule has 6 heteroatoms. The Hall–Kier alpha value is -1.92. The largest absolute Gasteiger partial charge is 0.395 e. The normalized spacial score (nSPS) is 10.7. The van der Waals surface area contributed by atoms with Crippen molar-refractivity contribution in [3.05, 3.63) is 45.7 Å². The van der Waals surface area contributed by atoms with Gasteiger partial charge >= 0.3 is 0 Å². The van der Waals surface area contributed by atoms with E-state index in [-0.39, 0.29) is 12.2 Å². The van der Waals surface area contributed by atoms with Crippen LogP contribution in [0.25, 0.3) is 10.9 Å².